The highest BCUT2D eigenvalue weighted by atomic mass is 16.5. The van der Waals surface area contributed by atoms with Gasteiger partial charge in [-0.15, -0.1) is 0 Å². The van der Waals surface area contributed by atoms with Crippen LogP contribution in [0.15, 0.2) is 0 Å². The molecule has 0 spiro atoms. The maximum Gasteiger partial charge on any atom is 0.0826 e. The van der Waals surface area contributed by atoms with Crippen LogP contribution in [0.2, 0.25) is 0 Å². The number of hydrogen-bond donors (Lipinski definition) is 1. The van der Waals surface area contributed by atoms with Crippen molar-refractivity contribution in [1.29, 1.82) is 0 Å². The fourth-order valence-electron chi connectivity index (χ4n) is 2.55. The van der Waals surface area contributed by atoms with E-state index >= 15 is 0 Å². The maximum absolute atomic E-state index is 5.79. The van der Waals surface area contributed by atoms with E-state index < -0.39 is 0 Å². The third-order valence-electron chi connectivity index (χ3n) is 3.79. The van der Waals surface area contributed by atoms with Crippen molar-refractivity contribution >= 4 is 0 Å². The summed E-state index contributed by atoms with van der Waals surface area (Å²) in [6, 6.07) is 0. The van der Waals surface area contributed by atoms with Gasteiger partial charge in [-0.3, -0.25) is 4.90 Å². The van der Waals surface area contributed by atoms with E-state index in [0.29, 0.717) is 11.5 Å². The summed E-state index contributed by atoms with van der Waals surface area (Å²) in [5.41, 5.74) is 0.423. The molecule has 126 valence electrons. The van der Waals surface area contributed by atoms with E-state index in [1.807, 2.05) is 0 Å². The zero-order chi connectivity index (χ0) is 15.6. The van der Waals surface area contributed by atoms with Gasteiger partial charge in [0.15, 0.2) is 0 Å². The Hall–Kier alpha value is -0.160. The molecular formula is C17H36N2O2. The largest absolute Gasteiger partial charge is 0.380 e. The van der Waals surface area contributed by atoms with Crippen molar-refractivity contribution in [3.63, 3.8) is 0 Å². The fraction of sp³-hybridized carbons (Fsp3) is 1.00. The first-order valence-corrected chi connectivity index (χ1v) is 8.63. The highest BCUT2D eigenvalue weighted by Crippen LogP contribution is 2.20. The second-order valence-corrected chi connectivity index (χ2v) is 7.27. The van der Waals surface area contributed by atoms with Gasteiger partial charge >= 0.3 is 0 Å². The summed E-state index contributed by atoms with van der Waals surface area (Å²) < 4.78 is 11.6. The Morgan fingerprint density at radius 2 is 2.10 bits per heavy atom. The monoisotopic (exact) mass is 300 g/mol. The van der Waals surface area contributed by atoms with Crippen LogP contribution in [0.3, 0.4) is 0 Å². The first-order valence-electron chi connectivity index (χ1n) is 8.63. The van der Waals surface area contributed by atoms with Crippen molar-refractivity contribution in [3.05, 3.63) is 0 Å². The minimum Gasteiger partial charge on any atom is -0.380 e. The Bertz CT molecular complexity index is 254. The lowest BCUT2D eigenvalue weighted by Crippen LogP contribution is -2.47. The molecule has 0 amide bonds. The average Bonchev–Trinajstić information content (AvgIpc) is 2.42. The lowest BCUT2D eigenvalue weighted by atomic mass is 9.91. The molecule has 0 saturated carbocycles. The summed E-state index contributed by atoms with van der Waals surface area (Å²) in [6.07, 6.45) is 3.91. The molecule has 4 heteroatoms. The first kappa shape index (κ1) is 18.9. The molecule has 1 heterocycles. The predicted molar refractivity (Wildman–Crippen MR) is 88.8 cm³/mol. The van der Waals surface area contributed by atoms with Crippen molar-refractivity contribution in [2.24, 2.45) is 5.41 Å². The Labute approximate surface area is 131 Å². The third kappa shape index (κ3) is 10.2. The molecule has 0 aromatic heterocycles. The van der Waals surface area contributed by atoms with Crippen molar-refractivity contribution in [2.45, 2.75) is 53.1 Å². The molecule has 21 heavy (non-hydrogen) atoms. The van der Waals surface area contributed by atoms with Gasteiger partial charge in [-0.25, -0.2) is 0 Å². The maximum atomic E-state index is 5.79. The number of nitrogens with one attached hydrogen (secondary N) is 1. The summed E-state index contributed by atoms with van der Waals surface area (Å²) in [5.74, 6) is 0. The molecule has 0 radical (unpaired) electrons. The summed E-state index contributed by atoms with van der Waals surface area (Å²) in [5, 5.41) is 3.44. The summed E-state index contributed by atoms with van der Waals surface area (Å²) >= 11 is 0. The van der Waals surface area contributed by atoms with Crippen LogP contribution in [-0.2, 0) is 9.47 Å². The van der Waals surface area contributed by atoms with E-state index in [1.165, 1.54) is 12.8 Å². The van der Waals surface area contributed by atoms with Crippen LogP contribution in [0.4, 0.5) is 0 Å². The smallest absolute Gasteiger partial charge is 0.0826 e. The van der Waals surface area contributed by atoms with Gasteiger partial charge < -0.3 is 14.8 Å². The van der Waals surface area contributed by atoms with Crippen molar-refractivity contribution in [3.8, 4) is 0 Å². The lowest BCUT2D eigenvalue weighted by Gasteiger charge is -2.33. The van der Waals surface area contributed by atoms with E-state index in [-0.39, 0.29) is 0 Å². The number of nitrogens with zero attached hydrogens (tertiary/aromatic N) is 1. The van der Waals surface area contributed by atoms with Gasteiger partial charge in [-0.05, 0) is 31.2 Å². The molecule has 1 aliphatic heterocycles. The topological polar surface area (TPSA) is 33.7 Å². The summed E-state index contributed by atoms with van der Waals surface area (Å²) in [7, 11) is 0. The number of hydrogen-bond acceptors (Lipinski definition) is 4. The molecule has 1 aliphatic rings. The molecule has 1 N–H and O–H groups in total. The average molecular weight is 300 g/mol. The zero-order valence-corrected chi connectivity index (χ0v) is 14.6. The van der Waals surface area contributed by atoms with Gasteiger partial charge in [0.05, 0.1) is 19.3 Å². The second-order valence-electron chi connectivity index (χ2n) is 7.27. The quantitative estimate of drug-likeness (QED) is 0.629. The lowest BCUT2D eigenvalue weighted by molar-refractivity contribution is -0.0350. The molecule has 0 aromatic rings. The zero-order valence-electron chi connectivity index (χ0n) is 14.6. The molecule has 0 bridgehead atoms. The summed E-state index contributed by atoms with van der Waals surface area (Å²) in [4.78, 5) is 2.46. The van der Waals surface area contributed by atoms with Gasteiger partial charge in [-0.2, -0.15) is 0 Å². The van der Waals surface area contributed by atoms with Crippen LogP contribution in [0.25, 0.3) is 0 Å². The van der Waals surface area contributed by atoms with Crippen LogP contribution in [0.1, 0.15) is 47.0 Å². The fourth-order valence-corrected chi connectivity index (χ4v) is 2.55. The van der Waals surface area contributed by atoms with Crippen LogP contribution in [0, 0.1) is 5.41 Å². The van der Waals surface area contributed by atoms with Crippen molar-refractivity contribution in [1.82, 2.24) is 10.2 Å². The van der Waals surface area contributed by atoms with E-state index in [4.69, 9.17) is 9.47 Å². The summed E-state index contributed by atoms with van der Waals surface area (Å²) in [6.45, 7) is 16.8. The normalized spacial score (nSPS) is 20.9. The Morgan fingerprint density at radius 1 is 1.29 bits per heavy atom. The third-order valence-corrected chi connectivity index (χ3v) is 3.79. The van der Waals surface area contributed by atoms with Crippen molar-refractivity contribution in [2.75, 3.05) is 52.5 Å². The molecule has 0 unspecified atom stereocenters. The Morgan fingerprint density at radius 3 is 2.81 bits per heavy atom. The number of ether oxygens (including phenoxy) is 2. The molecule has 0 aromatic carbocycles. The SMILES string of the molecule is CCCNC[C@@H]1CN(CCOCCCC(C)(C)C)CCO1. The minimum atomic E-state index is 0.339. The van der Waals surface area contributed by atoms with Gasteiger partial charge in [0.1, 0.15) is 0 Å². The highest BCUT2D eigenvalue weighted by molar-refractivity contribution is 4.73. The second kappa shape index (κ2) is 10.5. The molecule has 1 fully saturated rings. The van der Waals surface area contributed by atoms with E-state index in [1.54, 1.807) is 0 Å². The van der Waals surface area contributed by atoms with Crippen LogP contribution >= 0.6 is 0 Å². The van der Waals surface area contributed by atoms with E-state index in [2.05, 4.69) is 37.9 Å². The van der Waals surface area contributed by atoms with Crippen LogP contribution in [-0.4, -0.2) is 63.5 Å². The van der Waals surface area contributed by atoms with Crippen LogP contribution < -0.4 is 5.32 Å². The Kier molecular flexibility index (Phi) is 9.49. The van der Waals surface area contributed by atoms with Crippen LogP contribution in [0.5, 0.6) is 0 Å². The first-order chi connectivity index (χ1) is 10.0. The minimum absolute atomic E-state index is 0.339. The highest BCUT2D eigenvalue weighted by Gasteiger charge is 2.19. The molecule has 4 nitrogen and oxygen atoms in total. The number of morpholine rings is 1. The molecule has 1 saturated heterocycles. The molecule has 1 atom stereocenters. The van der Waals surface area contributed by atoms with Gasteiger partial charge in [0.25, 0.3) is 0 Å². The molecule has 1 rings (SSSR count). The number of rotatable bonds is 10. The molecular weight excluding hydrogens is 264 g/mol. The predicted octanol–water partition coefficient (Wildman–Crippen LogP) is 2.53. The Balaban J connectivity index is 2.01. The standard InChI is InChI=1S/C17H36N2O2/c1-5-8-18-14-16-15-19(10-13-21-16)9-12-20-11-6-7-17(2,3)4/h16,18H,5-15H2,1-4H3/t16-/m1/s1. The van der Waals surface area contributed by atoms with Gasteiger partial charge in [0.2, 0.25) is 0 Å². The van der Waals surface area contributed by atoms with E-state index in [0.717, 1.165) is 59.0 Å². The molecule has 0 aliphatic carbocycles. The van der Waals surface area contributed by atoms with Gasteiger partial charge in [0, 0.05) is 32.8 Å². The van der Waals surface area contributed by atoms with Crippen molar-refractivity contribution < 1.29 is 9.47 Å². The van der Waals surface area contributed by atoms with Gasteiger partial charge in [-0.1, -0.05) is 27.7 Å². The van der Waals surface area contributed by atoms with E-state index in [9.17, 15) is 0 Å².